The molecule has 2 rings (SSSR count). The van der Waals surface area contributed by atoms with Crippen LogP contribution in [-0.2, 0) is 10.5 Å². The first-order valence-corrected chi connectivity index (χ1v) is 9.00. The molecule has 0 aliphatic carbocycles. The van der Waals surface area contributed by atoms with Crippen LogP contribution in [0.2, 0.25) is 5.02 Å². The molecule has 0 heterocycles. The molecule has 0 saturated heterocycles. The van der Waals surface area contributed by atoms with Crippen LogP contribution >= 0.6 is 23.4 Å². The Hall–Kier alpha value is -1.65. The fourth-order valence-corrected chi connectivity index (χ4v) is 3.09. The van der Waals surface area contributed by atoms with Crippen LogP contribution in [0.5, 0.6) is 5.75 Å². The van der Waals surface area contributed by atoms with Gasteiger partial charge < -0.3 is 10.1 Å². The van der Waals surface area contributed by atoms with Crippen LogP contribution in [0.1, 0.15) is 12.5 Å². The van der Waals surface area contributed by atoms with Crippen LogP contribution in [0.4, 0.5) is 0 Å². The maximum atomic E-state index is 12.0. The average molecular weight is 350 g/mol. The zero-order valence-corrected chi connectivity index (χ0v) is 14.6. The zero-order valence-electron chi connectivity index (χ0n) is 13.0. The standard InChI is InChI=1S/C18H20ClNO2S/c1-14(22-16-8-3-2-4-9-16)18(21)20-11-12-23-13-15-7-5-6-10-17(15)19/h2-10,14H,11-13H2,1H3,(H,20,21)/t14-/m0/s1. The first-order valence-electron chi connectivity index (χ1n) is 7.47. The summed E-state index contributed by atoms with van der Waals surface area (Å²) in [6.45, 7) is 2.36. The summed E-state index contributed by atoms with van der Waals surface area (Å²) in [5.41, 5.74) is 1.12. The fraction of sp³-hybridized carbons (Fsp3) is 0.278. The highest BCUT2D eigenvalue weighted by Crippen LogP contribution is 2.20. The van der Waals surface area contributed by atoms with E-state index >= 15 is 0 Å². The van der Waals surface area contributed by atoms with Crippen molar-refractivity contribution < 1.29 is 9.53 Å². The van der Waals surface area contributed by atoms with Crippen molar-refractivity contribution in [2.45, 2.75) is 18.8 Å². The first-order chi connectivity index (χ1) is 11.2. The number of rotatable bonds is 8. The highest BCUT2D eigenvalue weighted by atomic mass is 35.5. The van der Waals surface area contributed by atoms with Crippen molar-refractivity contribution in [1.29, 1.82) is 0 Å². The molecular weight excluding hydrogens is 330 g/mol. The predicted molar refractivity (Wildman–Crippen MR) is 97.2 cm³/mol. The average Bonchev–Trinajstić information content (AvgIpc) is 2.57. The number of amides is 1. The normalized spacial score (nSPS) is 11.7. The molecule has 1 atom stereocenters. The van der Waals surface area contributed by atoms with Gasteiger partial charge in [-0.15, -0.1) is 0 Å². The molecule has 0 unspecified atom stereocenters. The molecule has 0 aliphatic rings. The van der Waals surface area contributed by atoms with E-state index in [4.69, 9.17) is 16.3 Å². The van der Waals surface area contributed by atoms with Crippen molar-refractivity contribution in [2.24, 2.45) is 0 Å². The van der Waals surface area contributed by atoms with Crippen LogP contribution in [0.3, 0.4) is 0 Å². The van der Waals surface area contributed by atoms with E-state index in [0.717, 1.165) is 22.1 Å². The number of nitrogens with one attached hydrogen (secondary N) is 1. The summed E-state index contributed by atoms with van der Waals surface area (Å²) in [5, 5.41) is 3.67. The topological polar surface area (TPSA) is 38.3 Å². The number of ether oxygens (including phenoxy) is 1. The molecule has 0 bridgehead atoms. The van der Waals surface area contributed by atoms with Crippen molar-refractivity contribution >= 4 is 29.3 Å². The van der Waals surface area contributed by atoms with Crippen molar-refractivity contribution in [2.75, 3.05) is 12.3 Å². The Bertz CT molecular complexity index is 621. The molecule has 23 heavy (non-hydrogen) atoms. The van der Waals surface area contributed by atoms with Crippen LogP contribution in [0.25, 0.3) is 0 Å². The molecule has 0 fully saturated rings. The highest BCUT2D eigenvalue weighted by molar-refractivity contribution is 7.98. The molecule has 0 radical (unpaired) electrons. The van der Waals surface area contributed by atoms with E-state index in [2.05, 4.69) is 5.32 Å². The Balaban J connectivity index is 1.64. The largest absolute Gasteiger partial charge is 0.481 e. The van der Waals surface area contributed by atoms with Gasteiger partial charge in [0, 0.05) is 23.1 Å². The van der Waals surface area contributed by atoms with E-state index < -0.39 is 6.10 Å². The molecule has 0 aliphatic heterocycles. The van der Waals surface area contributed by atoms with Gasteiger partial charge in [0.1, 0.15) is 5.75 Å². The van der Waals surface area contributed by atoms with Gasteiger partial charge >= 0.3 is 0 Å². The second-order valence-electron chi connectivity index (χ2n) is 5.01. The molecule has 2 aromatic rings. The Morgan fingerprint density at radius 2 is 1.87 bits per heavy atom. The van der Waals surface area contributed by atoms with Crippen LogP contribution < -0.4 is 10.1 Å². The van der Waals surface area contributed by atoms with Crippen LogP contribution in [0.15, 0.2) is 54.6 Å². The minimum Gasteiger partial charge on any atom is -0.481 e. The number of hydrogen-bond donors (Lipinski definition) is 1. The highest BCUT2D eigenvalue weighted by Gasteiger charge is 2.13. The minimum atomic E-state index is -0.508. The maximum absolute atomic E-state index is 12.0. The summed E-state index contributed by atoms with van der Waals surface area (Å²) < 4.78 is 5.58. The Morgan fingerprint density at radius 3 is 2.61 bits per heavy atom. The van der Waals surface area contributed by atoms with E-state index in [9.17, 15) is 4.79 Å². The molecule has 0 saturated carbocycles. The van der Waals surface area contributed by atoms with Gasteiger partial charge in [-0.1, -0.05) is 48.0 Å². The summed E-state index contributed by atoms with van der Waals surface area (Å²) in [6, 6.07) is 17.2. The molecule has 0 aromatic heterocycles. The second kappa shape index (κ2) is 9.48. The summed E-state index contributed by atoms with van der Waals surface area (Å²) >= 11 is 7.84. The van der Waals surface area contributed by atoms with Crippen molar-refractivity contribution in [3.8, 4) is 5.75 Å². The molecule has 2 aromatic carbocycles. The van der Waals surface area contributed by atoms with Crippen LogP contribution in [-0.4, -0.2) is 24.3 Å². The van der Waals surface area contributed by atoms with E-state index in [1.807, 2.05) is 54.6 Å². The van der Waals surface area contributed by atoms with Crippen molar-refractivity contribution in [3.05, 3.63) is 65.2 Å². The number of carbonyl (C=O) groups is 1. The molecule has 5 heteroatoms. The molecule has 1 amide bonds. The number of hydrogen-bond acceptors (Lipinski definition) is 3. The first kappa shape index (κ1) is 17.7. The predicted octanol–water partition coefficient (Wildman–Crippen LogP) is 4.16. The summed E-state index contributed by atoms with van der Waals surface area (Å²) in [7, 11) is 0. The fourth-order valence-electron chi connectivity index (χ4n) is 1.94. The van der Waals surface area contributed by atoms with Gasteiger partial charge in [0.2, 0.25) is 0 Å². The quantitative estimate of drug-likeness (QED) is 0.727. The number of para-hydroxylation sites is 1. The summed E-state index contributed by atoms with van der Waals surface area (Å²) in [4.78, 5) is 12.0. The van der Waals surface area contributed by atoms with Gasteiger partial charge in [0.15, 0.2) is 6.10 Å². The number of thioether (sulfide) groups is 1. The SMILES string of the molecule is C[C@H](Oc1ccccc1)C(=O)NCCSCc1ccccc1Cl. The van der Waals surface area contributed by atoms with Gasteiger partial charge in [-0.25, -0.2) is 0 Å². The third-order valence-corrected chi connectivity index (χ3v) is 4.56. The number of halogens is 1. The molecular formula is C18H20ClNO2S. The van der Waals surface area contributed by atoms with Gasteiger partial charge in [-0.2, -0.15) is 11.8 Å². The smallest absolute Gasteiger partial charge is 0.260 e. The zero-order chi connectivity index (χ0) is 16.5. The monoisotopic (exact) mass is 349 g/mol. The maximum Gasteiger partial charge on any atom is 0.260 e. The third-order valence-electron chi connectivity index (χ3n) is 3.19. The van der Waals surface area contributed by atoms with Gasteiger partial charge in [0.25, 0.3) is 5.91 Å². The van der Waals surface area contributed by atoms with Crippen LogP contribution in [0, 0.1) is 0 Å². The van der Waals surface area contributed by atoms with Crippen molar-refractivity contribution in [3.63, 3.8) is 0 Å². The third kappa shape index (κ3) is 6.16. The van der Waals surface area contributed by atoms with Crippen molar-refractivity contribution in [1.82, 2.24) is 5.32 Å². The Kier molecular flexibility index (Phi) is 7.30. The van der Waals surface area contributed by atoms with Gasteiger partial charge in [-0.05, 0) is 30.7 Å². The Labute approximate surface area is 146 Å². The van der Waals surface area contributed by atoms with E-state index in [1.165, 1.54) is 0 Å². The summed E-state index contributed by atoms with van der Waals surface area (Å²) in [5.74, 6) is 2.26. The number of benzene rings is 2. The Morgan fingerprint density at radius 1 is 1.17 bits per heavy atom. The molecule has 3 nitrogen and oxygen atoms in total. The van der Waals surface area contributed by atoms with E-state index in [0.29, 0.717) is 12.3 Å². The lowest BCUT2D eigenvalue weighted by atomic mass is 10.2. The van der Waals surface area contributed by atoms with E-state index in [1.54, 1.807) is 18.7 Å². The summed E-state index contributed by atoms with van der Waals surface area (Å²) in [6.07, 6.45) is -0.508. The van der Waals surface area contributed by atoms with Gasteiger partial charge in [0.05, 0.1) is 0 Å². The molecule has 0 spiro atoms. The lowest BCUT2D eigenvalue weighted by molar-refractivity contribution is -0.127. The van der Waals surface area contributed by atoms with E-state index in [-0.39, 0.29) is 5.91 Å². The van der Waals surface area contributed by atoms with Gasteiger partial charge in [-0.3, -0.25) is 4.79 Å². The minimum absolute atomic E-state index is 0.104. The molecule has 1 N–H and O–H groups in total. The molecule has 122 valence electrons. The lowest BCUT2D eigenvalue weighted by Gasteiger charge is -2.14. The number of carbonyl (C=O) groups excluding carboxylic acids is 1. The second-order valence-corrected chi connectivity index (χ2v) is 6.52. The lowest BCUT2D eigenvalue weighted by Crippen LogP contribution is -2.37.